The van der Waals surface area contributed by atoms with Gasteiger partial charge in [-0.3, -0.25) is 0 Å². The van der Waals surface area contributed by atoms with E-state index in [1.165, 1.54) is 69.9 Å². The van der Waals surface area contributed by atoms with Gasteiger partial charge in [-0.2, -0.15) is 0 Å². The lowest BCUT2D eigenvalue weighted by molar-refractivity contribution is 0.199. The molecule has 4 rings (SSSR count). The molecule has 3 heteroatoms. The first-order valence-corrected chi connectivity index (χ1v) is 10.5. The van der Waals surface area contributed by atoms with Crippen LogP contribution in [0.3, 0.4) is 0 Å². The highest BCUT2D eigenvalue weighted by Gasteiger charge is 2.34. The van der Waals surface area contributed by atoms with E-state index in [1.54, 1.807) is 0 Å². The molecule has 1 aromatic heterocycles. The minimum absolute atomic E-state index is 0.257. The van der Waals surface area contributed by atoms with E-state index in [1.807, 2.05) is 0 Å². The lowest BCUT2D eigenvalue weighted by Crippen LogP contribution is -2.26. The maximum Gasteiger partial charge on any atom is 0.235 e. The Hall–Kier alpha value is -1.38. The van der Waals surface area contributed by atoms with Crippen LogP contribution < -0.4 is 0 Å². The van der Waals surface area contributed by atoms with Gasteiger partial charge >= 0.3 is 0 Å². The Morgan fingerprint density at radius 3 is 2.12 bits per heavy atom. The van der Waals surface area contributed by atoms with Gasteiger partial charge in [0.25, 0.3) is 0 Å². The summed E-state index contributed by atoms with van der Waals surface area (Å²) in [5.41, 5.74) is 2.25. The van der Waals surface area contributed by atoms with Gasteiger partial charge in [-0.1, -0.05) is 44.6 Å². The summed E-state index contributed by atoms with van der Waals surface area (Å²) in [7, 11) is 0. The van der Waals surface area contributed by atoms with Crippen molar-refractivity contribution in [1.29, 1.82) is 0 Å². The molecule has 1 aliphatic heterocycles. The fourth-order valence-electron chi connectivity index (χ4n) is 5.22. The maximum atomic E-state index is 5.76. The molecule has 0 spiro atoms. The van der Waals surface area contributed by atoms with E-state index in [2.05, 4.69) is 30.1 Å². The summed E-state index contributed by atoms with van der Waals surface area (Å²) >= 11 is 0. The second-order valence-electron chi connectivity index (χ2n) is 8.36. The molecule has 0 bridgehead atoms. The number of aliphatic imine (C=N–C) groups is 1. The molecule has 25 heavy (non-hydrogen) atoms. The van der Waals surface area contributed by atoms with Crippen molar-refractivity contribution in [1.82, 2.24) is 4.98 Å². The normalized spacial score (nSPS) is 25.8. The molecule has 2 aliphatic carbocycles. The Balaban J connectivity index is 1.62. The van der Waals surface area contributed by atoms with Crippen molar-refractivity contribution in [2.45, 2.75) is 83.1 Å². The number of rotatable bonds is 4. The van der Waals surface area contributed by atoms with Crippen LogP contribution in [0.2, 0.25) is 0 Å². The van der Waals surface area contributed by atoms with Gasteiger partial charge in [0.2, 0.25) is 5.90 Å². The summed E-state index contributed by atoms with van der Waals surface area (Å²) in [4.78, 5) is 9.70. The fraction of sp³-hybridized carbons (Fsp3) is 0.727. The van der Waals surface area contributed by atoms with E-state index in [4.69, 9.17) is 9.72 Å². The molecule has 3 aliphatic rings. The van der Waals surface area contributed by atoms with E-state index >= 15 is 0 Å². The highest BCUT2D eigenvalue weighted by molar-refractivity contribution is 5.93. The third-order valence-electron chi connectivity index (χ3n) is 6.45. The summed E-state index contributed by atoms with van der Waals surface area (Å²) in [6, 6.07) is 6.77. The van der Waals surface area contributed by atoms with Crippen molar-refractivity contribution in [3.05, 3.63) is 29.6 Å². The van der Waals surface area contributed by atoms with Crippen molar-refractivity contribution in [3.8, 4) is 0 Å². The number of nitrogens with zero attached hydrogens (tertiary/aromatic N) is 2. The summed E-state index contributed by atoms with van der Waals surface area (Å²) in [6.07, 6.45) is 14.0. The van der Waals surface area contributed by atoms with Gasteiger partial charge in [0.15, 0.2) is 0 Å². The second-order valence-corrected chi connectivity index (χ2v) is 8.36. The topological polar surface area (TPSA) is 34.5 Å². The minimum Gasteiger partial charge on any atom is -0.474 e. The molecule has 0 N–H and O–H groups in total. The van der Waals surface area contributed by atoms with Crippen LogP contribution in [0.15, 0.2) is 23.2 Å². The van der Waals surface area contributed by atoms with Crippen LogP contribution in [-0.2, 0) is 4.74 Å². The second kappa shape index (κ2) is 7.88. The van der Waals surface area contributed by atoms with Gasteiger partial charge in [0, 0.05) is 11.6 Å². The van der Waals surface area contributed by atoms with Gasteiger partial charge in [-0.25, -0.2) is 9.98 Å². The Bertz CT molecular complexity index is 582. The van der Waals surface area contributed by atoms with Gasteiger partial charge < -0.3 is 4.74 Å². The van der Waals surface area contributed by atoms with Crippen LogP contribution in [0.5, 0.6) is 0 Å². The van der Waals surface area contributed by atoms with Crippen LogP contribution in [0.1, 0.15) is 88.4 Å². The van der Waals surface area contributed by atoms with Crippen molar-refractivity contribution in [2.24, 2.45) is 16.8 Å². The number of hydrogen-bond donors (Lipinski definition) is 0. The van der Waals surface area contributed by atoms with Gasteiger partial charge in [-0.15, -0.1) is 0 Å². The first-order chi connectivity index (χ1) is 12.3. The number of hydrogen-bond acceptors (Lipinski definition) is 3. The van der Waals surface area contributed by atoms with Gasteiger partial charge in [-0.05, 0) is 56.6 Å². The first kappa shape index (κ1) is 17.1. The minimum atomic E-state index is 0.257. The third kappa shape index (κ3) is 3.91. The summed E-state index contributed by atoms with van der Waals surface area (Å²) in [5.74, 6) is 3.04. The Kier molecular flexibility index (Phi) is 5.38. The molecular weight excluding hydrogens is 308 g/mol. The van der Waals surface area contributed by atoms with Gasteiger partial charge in [0.05, 0.1) is 6.04 Å². The molecule has 0 aromatic carbocycles. The third-order valence-corrected chi connectivity index (χ3v) is 6.45. The maximum absolute atomic E-state index is 5.76. The Labute approximate surface area is 152 Å². The molecule has 2 saturated carbocycles. The highest BCUT2D eigenvalue weighted by Crippen LogP contribution is 2.45. The van der Waals surface area contributed by atoms with E-state index in [9.17, 15) is 0 Å². The molecule has 0 radical (unpaired) electrons. The smallest absolute Gasteiger partial charge is 0.235 e. The molecule has 1 aromatic rings. The predicted octanol–water partition coefficient (Wildman–Crippen LogP) is 5.49. The zero-order valence-electron chi connectivity index (χ0n) is 15.6. The van der Waals surface area contributed by atoms with E-state index < -0.39 is 0 Å². The van der Waals surface area contributed by atoms with E-state index in [-0.39, 0.29) is 6.04 Å². The fourth-order valence-corrected chi connectivity index (χ4v) is 5.22. The van der Waals surface area contributed by atoms with Gasteiger partial charge in [0.1, 0.15) is 12.3 Å². The number of pyridine rings is 1. The van der Waals surface area contributed by atoms with Crippen molar-refractivity contribution >= 4 is 5.90 Å². The van der Waals surface area contributed by atoms with Crippen molar-refractivity contribution in [3.63, 3.8) is 0 Å². The standard InChI is InChI=1S/C22H32N2O/c1-16-15-25-22(23-16)20-14-8-13-19(24-20)21(17-9-4-2-5-10-17)18-11-6-3-7-12-18/h8,13-14,16-18,21H,2-7,9-12,15H2,1H3. The average Bonchev–Trinajstić information content (AvgIpc) is 3.11. The average molecular weight is 341 g/mol. The van der Waals surface area contributed by atoms with Crippen LogP contribution in [0.25, 0.3) is 0 Å². The highest BCUT2D eigenvalue weighted by atomic mass is 16.5. The lowest BCUT2D eigenvalue weighted by Gasteiger charge is -2.37. The molecule has 3 nitrogen and oxygen atoms in total. The predicted molar refractivity (Wildman–Crippen MR) is 102 cm³/mol. The largest absolute Gasteiger partial charge is 0.474 e. The molecule has 0 amide bonds. The van der Waals surface area contributed by atoms with Crippen LogP contribution >= 0.6 is 0 Å². The quantitative estimate of drug-likeness (QED) is 0.726. The first-order valence-electron chi connectivity index (χ1n) is 10.5. The summed E-state index contributed by atoms with van der Waals surface area (Å²) < 4.78 is 5.76. The SMILES string of the molecule is CC1COC(c2cccc(C(C3CCCCC3)C3CCCCC3)n2)=N1. The van der Waals surface area contributed by atoms with E-state index in [0.29, 0.717) is 12.5 Å². The lowest BCUT2D eigenvalue weighted by atomic mass is 9.68. The van der Waals surface area contributed by atoms with E-state index in [0.717, 1.165) is 23.4 Å². The summed E-state index contributed by atoms with van der Waals surface area (Å²) in [5, 5.41) is 0. The molecule has 2 heterocycles. The Morgan fingerprint density at radius 1 is 0.920 bits per heavy atom. The molecule has 1 atom stereocenters. The zero-order chi connectivity index (χ0) is 17.1. The van der Waals surface area contributed by atoms with Crippen LogP contribution in [-0.4, -0.2) is 23.5 Å². The number of ether oxygens (including phenoxy) is 1. The Morgan fingerprint density at radius 2 is 1.56 bits per heavy atom. The molecular formula is C22H32N2O. The summed E-state index contributed by atoms with van der Waals surface area (Å²) in [6.45, 7) is 2.79. The monoisotopic (exact) mass is 340 g/mol. The van der Waals surface area contributed by atoms with Crippen molar-refractivity contribution < 1.29 is 4.74 Å². The zero-order valence-corrected chi connectivity index (χ0v) is 15.6. The molecule has 2 fully saturated rings. The molecule has 0 saturated heterocycles. The van der Waals surface area contributed by atoms with Crippen LogP contribution in [0.4, 0.5) is 0 Å². The molecule has 136 valence electrons. The van der Waals surface area contributed by atoms with Crippen molar-refractivity contribution in [2.75, 3.05) is 6.61 Å². The molecule has 1 unspecified atom stereocenters. The number of aromatic nitrogens is 1. The van der Waals surface area contributed by atoms with Crippen LogP contribution in [0, 0.1) is 11.8 Å².